The number of rotatable bonds is 4. The second kappa shape index (κ2) is 7.54. The summed E-state index contributed by atoms with van der Waals surface area (Å²) in [7, 11) is 0. The second-order valence-corrected chi connectivity index (χ2v) is 2.35. The standard InChI is InChI=1S/C8H11BrO2/c1-2-3-4-5-6-11-8(10)7-9/h3-6H,2,7H2,1H3/b4-3+,6-5+. The molecule has 0 radical (unpaired) electrons. The number of alkyl halides is 1. The van der Waals surface area contributed by atoms with Crippen LogP contribution in [0.3, 0.4) is 0 Å². The molecule has 0 aliphatic heterocycles. The van der Waals surface area contributed by atoms with Crippen molar-refractivity contribution in [3.8, 4) is 0 Å². The van der Waals surface area contributed by atoms with Gasteiger partial charge in [-0.25, -0.2) is 0 Å². The summed E-state index contributed by atoms with van der Waals surface area (Å²) in [5.74, 6) is -0.286. The number of hydrogen-bond donors (Lipinski definition) is 0. The highest BCUT2D eigenvalue weighted by Crippen LogP contribution is 1.87. The maximum atomic E-state index is 10.5. The summed E-state index contributed by atoms with van der Waals surface area (Å²) in [6.45, 7) is 2.04. The minimum Gasteiger partial charge on any atom is -0.434 e. The van der Waals surface area contributed by atoms with Gasteiger partial charge >= 0.3 is 5.97 Å². The molecule has 0 aliphatic carbocycles. The molecule has 0 aromatic carbocycles. The van der Waals surface area contributed by atoms with Crippen LogP contribution in [0, 0.1) is 0 Å². The van der Waals surface area contributed by atoms with Gasteiger partial charge < -0.3 is 4.74 Å². The fourth-order valence-corrected chi connectivity index (χ4v) is 0.539. The van der Waals surface area contributed by atoms with Crippen molar-refractivity contribution in [3.63, 3.8) is 0 Å². The number of hydrogen-bond acceptors (Lipinski definition) is 2. The van der Waals surface area contributed by atoms with Gasteiger partial charge in [-0.2, -0.15) is 0 Å². The van der Waals surface area contributed by atoms with Crippen molar-refractivity contribution in [2.45, 2.75) is 13.3 Å². The Kier molecular flexibility index (Phi) is 7.15. The SMILES string of the molecule is CC/C=C/C=C/OC(=O)CBr. The summed E-state index contributed by atoms with van der Waals surface area (Å²) in [4.78, 5) is 10.5. The van der Waals surface area contributed by atoms with E-state index in [1.54, 1.807) is 6.08 Å². The first-order valence-electron chi connectivity index (χ1n) is 3.38. The first-order chi connectivity index (χ1) is 5.31. The van der Waals surface area contributed by atoms with E-state index in [9.17, 15) is 4.79 Å². The zero-order valence-corrected chi connectivity index (χ0v) is 8.00. The number of carbonyl (C=O) groups is 1. The van der Waals surface area contributed by atoms with Gasteiger partial charge in [-0.3, -0.25) is 4.79 Å². The van der Waals surface area contributed by atoms with Crippen LogP contribution in [0.5, 0.6) is 0 Å². The van der Waals surface area contributed by atoms with E-state index >= 15 is 0 Å². The normalized spacial score (nSPS) is 11.1. The molecule has 0 fully saturated rings. The van der Waals surface area contributed by atoms with E-state index in [0.29, 0.717) is 0 Å². The van der Waals surface area contributed by atoms with Crippen LogP contribution < -0.4 is 0 Å². The molecule has 0 aromatic heterocycles. The molecule has 0 N–H and O–H groups in total. The zero-order chi connectivity index (χ0) is 8.53. The topological polar surface area (TPSA) is 26.3 Å². The number of carbonyl (C=O) groups excluding carboxylic acids is 1. The van der Waals surface area contributed by atoms with Crippen molar-refractivity contribution in [2.75, 3.05) is 5.33 Å². The third-order valence-electron chi connectivity index (χ3n) is 0.870. The van der Waals surface area contributed by atoms with E-state index in [2.05, 4.69) is 20.7 Å². The lowest BCUT2D eigenvalue weighted by Crippen LogP contribution is -1.98. The van der Waals surface area contributed by atoms with Crippen LogP contribution in [-0.2, 0) is 9.53 Å². The Morgan fingerprint density at radius 1 is 1.55 bits per heavy atom. The van der Waals surface area contributed by atoms with Crippen LogP contribution in [0.2, 0.25) is 0 Å². The number of ether oxygens (including phenoxy) is 1. The van der Waals surface area contributed by atoms with Crippen LogP contribution in [0.4, 0.5) is 0 Å². The van der Waals surface area contributed by atoms with Gasteiger partial charge in [0.2, 0.25) is 0 Å². The molecule has 0 rings (SSSR count). The Bertz CT molecular complexity index is 161. The second-order valence-electron chi connectivity index (χ2n) is 1.79. The lowest BCUT2D eigenvalue weighted by molar-refractivity contribution is -0.134. The molecule has 0 saturated carbocycles. The zero-order valence-electron chi connectivity index (χ0n) is 6.42. The van der Waals surface area contributed by atoms with Crippen molar-refractivity contribution in [2.24, 2.45) is 0 Å². The Labute approximate surface area is 75.1 Å². The van der Waals surface area contributed by atoms with E-state index in [0.717, 1.165) is 6.42 Å². The smallest absolute Gasteiger partial charge is 0.321 e. The monoisotopic (exact) mass is 218 g/mol. The summed E-state index contributed by atoms with van der Waals surface area (Å²) in [6.07, 6.45) is 7.84. The highest BCUT2D eigenvalue weighted by Gasteiger charge is 1.92. The summed E-state index contributed by atoms with van der Waals surface area (Å²) in [5.41, 5.74) is 0. The highest BCUT2D eigenvalue weighted by atomic mass is 79.9. The minimum atomic E-state index is -0.286. The largest absolute Gasteiger partial charge is 0.434 e. The molecule has 0 amide bonds. The quantitative estimate of drug-likeness (QED) is 0.314. The van der Waals surface area contributed by atoms with Gasteiger partial charge in [0.15, 0.2) is 0 Å². The molecule has 62 valence electrons. The van der Waals surface area contributed by atoms with Crippen molar-refractivity contribution >= 4 is 21.9 Å². The molecule has 2 nitrogen and oxygen atoms in total. The number of allylic oxidation sites excluding steroid dienone is 3. The van der Waals surface area contributed by atoms with Crippen LogP contribution in [0.15, 0.2) is 24.5 Å². The van der Waals surface area contributed by atoms with E-state index in [4.69, 9.17) is 0 Å². The first kappa shape index (κ1) is 10.4. The lowest BCUT2D eigenvalue weighted by atomic mass is 10.4. The fraction of sp³-hybridized carbons (Fsp3) is 0.375. The van der Waals surface area contributed by atoms with Gasteiger partial charge in [0.1, 0.15) is 5.33 Å². The van der Waals surface area contributed by atoms with Crippen molar-refractivity contribution in [1.82, 2.24) is 0 Å². The lowest BCUT2D eigenvalue weighted by Gasteiger charge is -1.90. The molecule has 0 atom stereocenters. The molecular weight excluding hydrogens is 208 g/mol. The third-order valence-corrected chi connectivity index (χ3v) is 1.33. The summed E-state index contributed by atoms with van der Waals surface area (Å²) in [6, 6.07) is 0. The Morgan fingerprint density at radius 2 is 2.27 bits per heavy atom. The molecule has 11 heavy (non-hydrogen) atoms. The molecule has 0 unspecified atom stereocenters. The van der Waals surface area contributed by atoms with Crippen LogP contribution in [0.1, 0.15) is 13.3 Å². The molecule has 0 heterocycles. The first-order valence-corrected chi connectivity index (χ1v) is 4.50. The Balaban J connectivity index is 3.44. The Morgan fingerprint density at radius 3 is 2.82 bits per heavy atom. The number of esters is 1. The summed E-state index contributed by atoms with van der Waals surface area (Å²) < 4.78 is 4.62. The maximum absolute atomic E-state index is 10.5. The number of halogens is 1. The van der Waals surface area contributed by atoms with Crippen molar-refractivity contribution in [1.29, 1.82) is 0 Å². The Hall–Kier alpha value is -0.570. The molecule has 3 heteroatoms. The van der Waals surface area contributed by atoms with Gasteiger partial charge in [0, 0.05) is 0 Å². The van der Waals surface area contributed by atoms with E-state index in [-0.39, 0.29) is 11.3 Å². The maximum Gasteiger partial charge on any atom is 0.321 e. The minimum absolute atomic E-state index is 0.231. The van der Waals surface area contributed by atoms with E-state index in [1.165, 1.54) is 6.26 Å². The highest BCUT2D eigenvalue weighted by molar-refractivity contribution is 9.09. The summed E-state index contributed by atoms with van der Waals surface area (Å²) in [5, 5.41) is 0.231. The van der Waals surface area contributed by atoms with Crippen LogP contribution in [-0.4, -0.2) is 11.3 Å². The van der Waals surface area contributed by atoms with Gasteiger partial charge in [0.05, 0.1) is 6.26 Å². The molecular formula is C8H11BrO2. The molecule has 0 bridgehead atoms. The third kappa shape index (κ3) is 7.33. The van der Waals surface area contributed by atoms with Gasteiger partial charge in [-0.1, -0.05) is 35.0 Å². The van der Waals surface area contributed by atoms with Gasteiger partial charge in [-0.05, 0) is 12.5 Å². The van der Waals surface area contributed by atoms with Crippen LogP contribution >= 0.6 is 15.9 Å². The van der Waals surface area contributed by atoms with Gasteiger partial charge in [-0.15, -0.1) is 0 Å². The molecule has 0 aromatic rings. The van der Waals surface area contributed by atoms with Crippen molar-refractivity contribution in [3.05, 3.63) is 24.5 Å². The van der Waals surface area contributed by atoms with E-state index < -0.39 is 0 Å². The molecule has 0 saturated heterocycles. The average Bonchev–Trinajstić information content (AvgIpc) is 2.04. The fourth-order valence-electron chi connectivity index (χ4n) is 0.407. The average molecular weight is 219 g/mol. The molecule has 0 spiro atoms. The van der Waals surface area contributed by atoms with Crippen LogP contribution in [0.25, 0.3) is 0 Å². The van der Waals surface area contributed by atoms with Crippen molar-refractivity contribution < 1.29 is 9.53 Å². The predicted octanol–water partition coefficient (Wildman–Crippen LogP) is 2.40. The van der Waals surface area contributed by atoms with Gasteiger partial charge in [0.25, 0.3) is 0 Å². The predicted molar refractivity (Wildman–Crippen MR) is 48.5 cm³/mol. The summed E-state index contributed by atoms with van der Waals surface area (Å²) >= 11 is 2.97. The molecule has 0 aliphatic rings. The van der Waals surface area contributed by atoms with E-state index in [1.807, 2.05) is 19.1 Å².